The third kappa shape index (κ3) is 3.42. The minimum atomic E-state index is -4.51. The number of hydrogen-bond donors (Lipinski definition) is 0. The van der Waals surface area contributed by atoms with Crippen LogP contribution < -0.4 is 0 Å². The Balaban J connectivity index is 1.60. The van der Waals surface area contributed by atoms with Crippen LogP contribution in [-0.2, 0) is 6.18 Å². The molecule has 24 heavy (non-hydrogen) atoms. The van der Waals surface area contributed by atoms with Gasteiger partial charge in [0.15, 0.2) is 0 Å². The first-order valence-corrected chi connectivity index (χ1v) is 8.32. The van der Waals surface area contributed by atoms with Crippen molar-refractivity contribution in [3.63, 3.8) is 0 Å². The Kier molecular flexibility index (Phi) is 4.83. The lowest BCUT2D eigenvalue weighted by Crippen LogP contribution is -2.64. The molecule has 7 heteroatoms. The van der Waals surface area contributed by atoms with Crippen LogP contribution in [0.15, 0.2) is 24.3 Å². The highest BCUT2D eigenvalue weighted by atomic mass is 19.4. The van der Waals surface area contributed by atoms with E-state index in [9.17, 15) is 18.0 Å². The summed E-state index contributed by atoms with van der Waals surface area (Å²) in [6.07, 6.45) is -4.51. The molecule has 0 saturated carbocycles. The lowest BCUT2D eigenvalue weighted by atomic mass is 10.0. The molecule has 0 radical (unpaired) electrons. The molecule has 2 saturated heterocycles. The van der Waals surface area contributed by atoms with E-state index in [1.165, 1.54) is 23.1 Å². The van der Waals surface area contributed by atoms with Gasteiger partial charge in [-0.05, 0) is 18.7 Å². The minimum Gasteiger partial charge on any atom is -0.335 e. The summed E-state index contributed by atoms with van der Waals surface area (Å²) in [5, 5.41) is 0. The second-order valence-electron chi connectivity index (χ2n) is 6.38. The van der Waals surface area contributed by atoms with Crippen molar-refractivity contribution < 1.29 is 18.0 Å². The monoisotopic (exact) mass is 341 g/mol. The van der Waals surface area contributed by atoms with Crippen LogP contribution in [0.1, 0.15) is 22.8 Å². The van der Waals surface area contributed by atoms with E-state index in [4.69, 9.17) is 0 Å². The number of nitrogens with zero attached hydrogens (tertiary/aromatic N) is 3. The largest absolute Gasteiger partial charge is 0.417 e. The van der Waals surface area contributed by atoms with Gasteiger partial charge < -0.3 is 9.80 Å². The van der Waals surface area contributed by atoms with Crippen molar-refractivity contribution >= 4 is 5.91 Å². The molecule has 2 fully saturated rings. The predicted octanol–water partition coefficient (Wildman–Crippen LogP) is 2.17. The smallest absolute Gasteiger partial charge is 0.335 e. The first-order chi connectivity index (χ1) is 11.4. The Bertz CT molecular complexity index is 591. The predicted molar refractivity (Wildman–Crippen MR) is 84.8 cm³/mol. The van der Waals surface area contributed by atoms with E-state index in [0.29, 0.717) is 13.1 Å². The van der Waals surface area contributed by atoms with Crippen molar-refractivity contribution in [1.29, 1.82) is 0 Å². The van der Waals surface area contributed by atoms with Crippen LogP contribution in [0.25, 0.3) is 0 Å². The normalized spacial score (nSPS) is 20.9. The van der Waals surface area contributed by atoms with E-state index in [0.717, 1.165) is 38.8 Å². The molecule has 2 heterocycles. The molecule has 0 aliphatic carbocycles. The van der Waals surface area contributed by atoms with Crippen molar-refractivity contribution in [1.82, 2.24) is 14.7 Å². The molecular formula is C17H22F3N3O. The van der Waals surface area contributed by atoms with E-state index < -0.39 is 17.6 Å². The average molecular weight is 341 g/mol. The van der Waals surface area contributed by atoms with E-state index in [2.05, 4.69) is 16.7 Å². The van der Waals surface area contributed by atoms with Crippen molar-refractivity contribution in [3.8, 4) is 0 Å². The molecule has 2 aliphatic heterocycles. The summed E-state index contributed by atoms with van der Waals surface area (Å²) in [5.41, 5.74) is -1.10. The number of carbonyl (C=O) groups excluding carboxylic acids is 1. The van der Waals surface area contributed by atoms with Crippen LogP contribution in [0.3, 0.4) is 0 Å². The fourth-order valence-electron chi connectivity index (χ4n) is 3.38. The number of likely N-dealkylation sites (tertiary alicyclic amines) is 1. The SMILES string of the molecule is CCN1CCN(C2CN(C(=O)c3ccccc3C(F)(F)F)C2)CC1. The molecule has 4 nitrogen and oxygen atoms in total. The average Bonchev–Trinajstić information content (AvgIpc) is 2.53. The molecule has 1 amide bonds. The molecule has 2 aliphatic rings. The van der Waals surface area contributed by atoms with Crippen LogP contribution in [-0.4, -0.2) is 72.5 Å². The highest BCUT2D eigenvalue weighted by Crippen LogP contribution is 2.33. The van der Waals surface area contributed by atoms with Crippen molar-refractivity contribution in [3.05, 3.63) is 35.4 Å². The molecule has 132 valence electrons. The lowest BCUT2D eigenvalue weighted by Gasteiger charge is -2.48. The lowest BCUT2D eigenvalue weighted by molar-refractivity contribution is -0.138. The maximum absolute atomic E-state index is 13.0. The Morgan fingerprint density at radius 3 is 2.33 bits per heavy atom. The number of hydrogen-bond acceptors (Lipinski definition) is 3. The Labute approximate surface area is 139 Å². The molecule has 0 spiro atoms. The highest BCUT2D eigenvalue weighted by Gasteiger charge is 2.40. The van der Waals surface area contributed by atoms with Crippen molar-refractivity contribution in [2.24, 2.45) is 0 Å². The summed E-state index contributed by atoms with van der Waals surface area (Å²) in [6.45, 7) is 8.14. The molecule has 1 aromatic carbocycles. The third-order valence-electron chi connectivity index (χ3n) is 4.98. The zero-order valence-electron chi connectivity index (χ0n) is 13.7. The summed E-state index contributed by atoms with van der Waals surface area (Å²) in [5.74, 6) is -0.522. The zero-order valence-corrected chi connectivity index (χ0v) is 13.7. The third-order valence-corrected chi connectivity index (χ3v) is 4.98. The number of piperazine rings is 1. The van der Waals surface area contributed by atoms with Gasteiger partial charge in [-0.2, -0.15) is 13.2 Å². The van der Waals surface area contributed by atoms with Crippen LogP contribution in [0.5, 0.6) is 0 Å². The Hall–Kier alpha value is -1.60. The topological polar surface area (TPSA) is 26.8 Å². The van der Waals surface area contributed by atoms with Gasteiger partial charge in [-0.15, -0.1) is 0 Å². The fourth-order valence-corrected chi connectivity index (χ4v) is 3.38. The molecular weight excluding hydrogens is 319 g/mol. The number of benzene rings is 1. The first-order valence-electron chi connectivity index (χ1n) is 8.32. The van der Waals surface area contributed by atoms with Crippen molar-refractivity contribution in [2.75, 3.05) is 45.8 Å². The standard InChI is InChI=1S/C17H22F3N3O/c1-2-21-7-9-22(10-8-21)13-11-23(12-13)16(24)14-5-3-4-6-15(14)17(18,19)20/h3-6,13H,2,7-12H2,1H3. The minimum absolute atomic E-state index is 0.251. The molecule has 0 unspecified atom stereocenters. The van der Waals surface area contributed by atoms with Crippen molar-refractivity contribution in [2.45, 2.75) is 19.1 Å². The summed E-state index contributed by atoms with van der Waals surface area (Å²) in [7, 11) is 0. The molecule has 0 bridgehead atoms. The first kappa shape index (κ1) is 17.2. The van der Waals surface area contributed by atoms with Gasteiger partial charge in [0.2, 0.25) is 0 Å². The van der Waals surface area contributed by atoms with Crippen LogP contribution in [0.4, 0.5) is 13.2 Å². The number of halogens is 3. The highest BCUT2D eigenvalue weighted by molar-refractivity contribution is 5.96. The zero-order chi connectivity index (χ0) is 17.3. The number of likely N-dealkylation sites (N-methyl/N-ethyl adjacent to an activating group) is 1. The maximum atomic E-state index is 13.0. The second-order valence-corrected chi connectivity index (χ2v) is 6.38. The van der Waals surface area contributed by atoms with Gasteiger partial charge >= 0.3 is 6.18 Å². The molecule has 3 rings (SSSR count). The quantitative estimate of drug-likeness (QED) is 0.843. The van der Waals surface area contributed by atoms with Gasteiger partial charge in [-0.25, -0.2) is 0 Å². The summed E-state index contributed by atoms with van der Waals surface area (Å²) >= 11 is 0. The molecule has 0 N–H and O–H groups in total. The molecule has 1 aromatic rings. The number of amides is 1. The van der Waals surface area contributed by atoms with Crippen LogP contribution in [0, 0.1) is 0 Å². The van der Waals surface area contributed by atoms with E-state index in [1.54, 1.807) is 0 Å². The van der Waals surface area contributed by atoms with Gasteiger partial charge in [0, 0.05) is 45.3 Å². The number of rotatable bonds is 3. The van der Waals surface area contributed by atoms with Gasteiger partial charge in [0.1, 0.15) is 0 Å². The van der Waals surface area contributed by atoms with Gasteiger partial charge in [0.05, 0.1) is 11.1 Å². The Morgan fingerprint density at radius 1 is 1.12 bits per heavy atom. The Morgan fingerprint density at radius 2 is 1.75 bits per heavy atom. The number of alkyl halides is 3. The van der Waals surface area contributed by atoms with Gasteiger partial charge in [-0.3, -0.25) is 9.69 Å². The summed E-state index contributed by atoms with van der Waals surface area (Å²) in [4.78, 5) is 18.6. The summed E-state index contributed by atoms with van der Waals surface area (Å²) in [6, 6.07) is 5.29. The fraction of sp³-hybridized carbons (Fsp3) is 0.588. The second kappa shape index (κ2) is 6.72. The molecule has 0 atom stereocenters. The van der Waals surface area contributed by atoms with Crippen LogP contribution in [0.2, 0.25) is 0 Å². The van der Waals surface area contributed by atoms with E-state index in [1.807, 2.05) is 0 Å². The summed E-state index contributed by atoms with van der Waals surface area (Å²) < 4.78 is 39.1. The molecule has 0 aromatic heterocycles. The number of carbonyl (C=O) groups is 1. The maximum Gasteiger partial charge on any atom is 0.417 e. The van der Waals surface area contributed by atoms with Gasteiger partial charge in [0.25, 0.3) is 5.91 Å². The van der Waals surface area contributed by atoms with Gasteiger partial charge in [-0.1, -0.05) is 19.1 Å². The van der Waals surface area contributed by atoms with Crippen LogP contribution >= 0.6 is 0 Å². The van der Waals surface area contributed by atoms with E-state index >= 15 is 0 Å². The van der Waals surface area contributed by atoms with E-state index in [-0.39, 0.29) is 11.6 Å².